The van der Waals surface area contributed by atoms with Gasteiger partial charge in [0.05, 0.1) is 22.4 Å². The standard InChI is InChI=1S/C17H17N3O3/c1-2-3-7-14-11-19-15(12-18-14)17(21)10-9-13-6-4-5-8-16(13)20(22)23/h4-6,8-12H,2-3,7H2,1H3/b10-9+. The van der Waals surface area contributed by atoms with Crippen LogP contribution in [-0.4, -0.2) is 20.7 Å². The fourth-order valence-corrected chi connectivity index (χ4v) is 2.01. The second kappa shape index (κ2) is 7.93. The van der Waals surface area contributed by atoms with Crippen molar-refractivity contribution in [1.29, 1.82) is 0 Å². The van der Waals surface area contributed by atoms with Crippen LogP contribution in [0.3, 0.4) is 0 Å². The Kier molecular flexibility index (Phi) is 5.68. The van der Waals surface area contributed by atoms with Crippen LogP contribution >= 0.6 is 0 Å². The molecule has 6 heteroatoms. The summed E-state index contributed by atoms with van der Waals surface area (Å²) in [6.07, 6.45) is 8.68. The van der Waals surface area contributed by atoms with Crippen molar-refractivity contribution in [3.05, 3.63) is 69.8 Å². The molecule has 0 fully saturated rings. The molecule has 0 N–H and O–H groups in total. The molecule has 6 nitrogen and oxygen atoms in total. The Balaban J connectivity index is 2.11. The SMILES string of the molecule is CCCCc1cnc(C(=O)/C=C/c2ccccc2[N+](=O)[O-])cn1. The third-order valence-corrected chi connectivity index (χ3v) is 3.29. The lowest BCUT2D eigenvalue weighted by molar-refractivity contribution is -0.385. The molecule has 0 saturated heterocycles. The summed E-state index contributed by atoms with van der Waals surface area (Å²) in [4.78, 5) is 30.8. The van der Waals surface area contributed by atoms with Crippen molar-refractivity contribution in [1.82, 2.24) is 9.97 Å². The fraction of sp³-hybridized carbons (Fsp3) is 0.235. The molecule has 2 rings (SSSR count). The molecule has 118 valence electrons. The molecular formula is C17H17N3O3. The van der Waals surface area contributed by atoms with Gasteiger partial charge in [0, 0.05) is 12.3 Å². The topological polar surface area (TPSA) is 86.0 Å². The molecule has 0 amide bonds. The number of nitrogens with zero attached hydrogens (tertiary/aromatic N) is 3. The molecule has 0 aliphatic rings. The molecule has 0 bridgehead atoms. The molecule has 0 aliphatic carbocycles. The van der Waals surface area contributed by atoms with Gasteiger partial charge in [-0.3, -0.25) is 19.9 Å². The third-order valence-electron chi connectivity index (χ3n) is 3.29. The quantitative estimate of drug-likeness (QED) is 0.337. The molecule has 1 heterocycles. The lowest BCUT2D eigenvalue weighted by Crippen LogP contribution is -2.01. The number of nitro groups is 1. The first-order valence-corrected chi connectivity index (χ1v) is 7.38. The van der Waals surface area contributed by atoms with Gasteiger partial charge in [0.1, 0.15) is 5.69 Å². The van der Waals surface area contributed by atoms with E-state index in [1.807, 2.05) is 0 Å². The number of para-hydroxylation sites is 1. The minimum Gasteiger partial charge on any atom is -0.287 e. The summed E-state index contributed by atoms with van der Waals surface area (Å²) < 4.78 is 0. The van der Waals surface area contributed by atoms with Crippen LogP contribution in [0, 0.1) is 10.1 Å². The first-order valence-electron chi connectivity index (χ1n) is 7.38. The Morgan fingerprint density at radius 3 is 2.70 bits per heavy atom. The average Bonchev–Trinajstić information content (AvgIpc) is 2.58. The van der Waals surface area contributed by atoms with Gasteiger partial charge in [0.25, 0.3) is 5.69 Å². The number of aryl methyl sites for hydroxylation is 1. The summed E-state index contributed by atoms with van der Waals surface area (Å²) in [5, 5.41) is 10.9. The van der Waals surface area contributed by atoms with Crippen LogP contribution in [0.25, 0.3) is 6.08 Å². The minimum atomic E-state index is -0.480. The van der Waals surface area contributed by atoms with Crippen molar-refractivity contribution in [2.24, 2.45) is 0 Å². The molecule has 0 radical (unpaired) electrons. The summed E-state index contributed by atoms with van der Waals surface area (Å²) in [7, 11) is 0. The number of carbonyl (C=O) groups excluding carboxylic acids is 1. The Morgan fingerprint density at radius 1 is 1.26 bits per heavy atom. The predicted molar refractivity (Wildman–Crippen MR) is 87.1 cm³/mol. The van der Waals surface area contributed by atoms with Gasteiger partial charge in [-0.15, -0.1) is 0 Å². The molecule has 0 spiro atoms. The second-order valence-electron chi connectivity index (χ2n) is 5.01. The molecule has 1 aromatic heterocycles. The zero-order valence-corrected chi connectivity index (χ0v) is 12.8. The molecule has 0 unspecified atom stereocenters. The van der Waals surface area contributed by atoms with Gasteiger partial charge in [-0.05, 0) is 31.1 Å². The van der Waals surface area contributed by atoms with Crippen molar-refractivity contribution in [3.8, 4) is 0 Å². The molecule has 0 atom stereocenters. The lowest BCUT2D eigenvalue weighted by Gasteiger charge is -2.00. The van der Waals surface area contributed by atoms with E-state index in [4.69, 9.17) is 0 Å². The summed E-state index contributed by atoms with van der Waals surface area (Å²) in [6, 6.07) is 6.24. The van der Waals surface area contributed by atoms with Crippen LogP contribution in [0.5, 0.6) is 0 Å². The molecule has 2 aromatic rings. The second-order valence-corrected chi connectivity index (χ2v) is 5.01. The number of unbranched alkanes of at least 4 members (excludes halogenated alkanes) is 1. The number of nitro benzene ring substituents is 1. The van der Waals surface area contributed by atoms with Gasteiger partial charge in [-0.2, -0.15) is 0 Å². The van der Waals surface area contributed by atoms with Gasteiger partial charge >= 0.3 is 0 Å². The van der Waals surface area contributed by atoms with E-state index >= 15 is 0 Å². The van der Waals surface area contributed by atoms with E-state index in [0.29, 0.717) is 5.56 Å². The van der Waals surface area contributed by atoms with Gasteiger partial charge in [0.2, 0.25) is 5.78 Å². The number of carbonyl (C=O) groups is 1. The third kappa shape index (κ3) is 4.54. The summed E-state index contributed by atoms with van der Waals surface area (Å²) >= 11 is 0. The number of aromatic nitrogens is 2. The van der Waals surface area contributed by atoms with Crippen LogP contribution in [0.1, 0.15) is 41.5 Å². The van der Waals surface area contributed by atoms with E-state index in [-0.39, 0.29) is 17.2 Å². The summed E-state index contributed by atoms with van der Waals surface area (Å²) in [5.41, 5.74) is 1.40. The predicted octanol–water partition coefficient (Wildman–Crippen LogP) is 3.62. The highest BCUT2D eigenvalue weighted by Gasteiger charge is 2.10. The van der Waals surface area contributed by atoms with Crippen LogP contribution < -0.4 is 0 Å². The fourth-order valence-electron chi connectivity index (χ4n) is 2.01. The van der Waals surface area contributed by atoms with E-state index in [2.05, 4.69) is 16.9 Å². The van der Waals surface area contributed by atoms with Crippen LogP contribution in [0.4, 0.5) is 5.69 Å². The lowest BCUT2D eigenvalue weighted by atomic mass is 10.1. The number of benzene rings is 1. The van der Waals surface area contributed by atoms with Crippen molar-refractivity contribution in [2.45, 2.75) is 26.2 Å². The highest BCUT2D eigenvalue weighted by atomic mass is 16.6. The zero-order valence-electron chi connectivity index (χ0n) is 12.8. The van der Waals surface area contributed by atoms with Gasteiger partial charge in [-0.1, -0.05) is 25.5 Å². The van der Waals surface area contributed by atoms with E-state index in [1.54, 1.807) is 24.4 Å². The first kappa shape index (κ1) is 16.5. The minimum absolute atomic E-state index is 0.0439. The normalized spacial score (nSPS) is 10.8. The van der Waals surface area contributed by atoms with E-state index in [0.717, 1.165) is 25.0 Å². The van der Waals surface area contributed by atoms with Crippen molar-refractivity contribution < 1.29 is 9.72 Å². The van der Waals surface area contributed by atoms with Crippen LogP contribution in [0.2, 0.25) is 0 Å². The monoisotopic (exact) mass is 311 g/mol. The maximum Gasteiger partial charge on any atom is 0.276 e. The van der Waals surface area contributed by atoms with E-state index in [1.165, 1.54) is 24.4 Å². The van der Waals surface area contributed by atoms with Gasteiger partial charge < -0.3 is 0 Å². The van der Waals surface area contributed by atoms with Gasteiger partial charge in [0.15, 0.2) is 0 Å². The zero-order chi connectivity index (χ0) is 16.7. The van der Waals surface area contributed by atoms with Crippen molar-refractivity contribution in [2.75, 3.05) is 0 Å². The largest absolute Gasteiger partial charge is 0.287 e. The Hall–Kier alpha value is -2.89. The number of hydrogen-bond acceptors (Lipinski definition) is 5. The van der Waals surface area contributed by atoms with E-state index in [9.17, 15) is 14.9 Å². The average molecular weight is 311 g/mol. The molecular weight excluding hydrogens is 294 g/mol. The van der Waals surface area contributed by atoms with Crippen LogP contribution in [0.15, 0.2) is 42.7 Å². The maximum absolute atomic E-state index is 12.1. The van der Waals surface area contributed by atoms with Gasteiger partial charge in [-0.25, -0.2) is 4.98 Å². The smallest absolute Gasteiger partial charge is 0.276 e. The Bertz CT molecular complexity index is 724. The van der Waals surface area contributed by atoms with E-state index < -0.39 is 4.92 Å². The molecule has 0 aliphatic heterocycles. The molecule has 23 heavy (non-hydrogen) atoms. The summed E-state index contributed by atoms with van der Waals surface area (Å²) in [6.45, 7) is 2.10. The number of rotatable bonds is 7. The highest BCUT2D eigenvalue weighted by molar-refractivity contribution is 6.05. The molecule has 0 saturated carbocycles. The Morgan fingerprint density at radius 2 is 2.04 bits per heavy atom. The van der Waals surface area contributed by atoms with Crippen LogP contribution in [-0.2, 0) is 6.42 Å². The first-order chi connectivity index (χ1) is 11.1. The number of allylic oxidation sites excluding steroid dienone is 1. The number of hydrogen-bond donors (Lipinski definition) is 0. The van der Waals surface area contributed by atoms with Crippen molar-refractivity contribution in [3.63, 3.8) is 0 Å². The highest BCUT2D eigenvalue weighted by Crippen LogP contribution is 2.19. The maximum atomic E-state index is 12.1. The number of ketones is 1. The molecule has 1 aromatic carbocycles. The van der Waals surface area contributed by atoms with Crippen molar-refractivity contribution >= 4 is 17.5 Å². The summed E-state index contributed by atoms with van der Waals surface area (Å²) in [5.74, 6) is -0.335. The Labute approximate surface area is 134 Å².